The van der Waals surface area contributed by atoms with Crippen molar-refractivity contribution in [3.05, 3.63) is 12.2 Å². The van der Waals surface area contributed by atoms with Crippen LogP contribution in [0.5, 0.6) is 0 Å². The highest BCUT2D eigenvalue weighted by molar-refractivity contribution is 7.98. The number of methoxy groups -OCH3 is 1. The lowest BCUT2D eigenvalue weighted by atomic mass is 10.2. The number of carbonyl (C=O) groups is 2. The van der Waals surface area contributed by atoms with Crippen LogP contribution in [0.1, 0.15) is 13.3 Å². The van der Waals surface area contributed by atoms with E-state index < -0.39 is 12.0 Å². The lowest BCUT2D eigenvalue weighted by Gasteiger charge is -2.17. The monoisotopic (exact) mass is 275 g/mol. The minimum atomic E-state index is -0.626. The number of esters is 1. The van der Waals surface area contributed by atoms with Crippen LogP contribution >= 0.6 is 11.8 Å². The summed E-state index contributed by atoms with van der Waals surface area (Å²) in [5.41, 5.74) is 0.369. The Morgan fingerprint density at radius 3 is 2.56 bits per heavy atom. The number of rotatable bonds is 9. The summed E-state index contributed by atoms with van der Waals surface area (Å²) >= 11 is 1.60. The van der Waals surface area contributed by atoms with Crippen LogP contribution in [0.15, 0.2) is 12.2 Å². The van der Waals surface area contributed by atoms with Crippen LogP contribution in [-0.4, -0.2) is 50.3 Å². The molecule has 1 atom stereocenters. The summed E-state index contributed by atoms with van der Waals surface area (Å²) in [6.45, 7) is 5.66. The molecule has 0 aromatic heterocycles. The topological polar surface area (TPSA) is 64.6 Å². The fourth-order valence-electron chi connectivity index (χ4n) is 1.09. The zero-order valence-corrected chi connectivity index (χ0v) is 12.0. The van der Waals surface area contributed by atoms with Crippen LogP contribution in [0.4, 0.5) is 0 Å². The summed E-state index contributed by atoms with van der Waals surface area (Å²) < 4.78 is 9.79. The zero-order chi connectivity index (χ0) is 14.0. The van der Waals surface area contributed by atoms with E-state index in [0.717, 1.165) is 5.75 Å². The SMILES string of the molecule is C=C(C)C(=O)N[C@@H](CCSC)C(=O)OCCOC. The summed E-state index contributed by atoms with van der Waals surface area (Å²) in [5.74, 6) is 0.000969. The van der Waals surface area contributed by atoms with Crippen LogP contribution in [0.2, 0.25) is 0 Å². The maximum absolute atomic E-state index is 11.8. The molecule has 6 heteroatoms. The molecule has 18 heavy (non-hydrogen) atoms. The van der Waals surface area contributed by atoms with Crippen molar-refractivity contribution in [2.24, 2.45) is 0 Å². The molecule has 0 saturated heterocycles. The van der Waals surface area contributed by atoms with Gasteiger partial charge in [0.15, 0.2) is 0 Å². The Bertz CT molecular complexity index is 294. The lowest BCUT2D eigenvalue weighted by molar-refractivity contribution is -0.148. The van der Waals surface area contributed by atoms with E-state index in [9.17, 15) is 9.59 Å². The third kappa shape index (κ3) is 7.34. The van der Waals surface area contributed by atoms with E-state index in [1.165, 1.54) is 7.11 Å². The minimum absolute atomic E-state index is 0.189. The van der Waals surface area contributed by atoms with Crippen molar-refractivity contribution in [1.82, 2.24) is 5.32 Å². The summed E-state index contributed by atoms with van der Waals surface area (Å²) in [5, 5.41) is 2.61. The number of nitrogens with one attached hydrogen (secondary N) is 1. The van der Waals surface area contributed by atoms with Gasteiger partial charge in [0.2, 0.25) is 5.91 Å². The molecule has 0 spiro atoms. The molecule has 0 aliphatic heterocycles. The largest absolute Gasteiger partial charge is 0.462 e. The molecule has 0 saturated carbocycles. The number of hydrogen-bond donors (Lipinski definition) is 1. The molecule has 0 fully saturated rings. The molecular formula is C12H21NO4S. The number of thioether (sulfide) groups is 1. The van der Waals surface area contributed by atoms with Crippen molar-refractivity contribution in [2.45, 2.75) is 19.4 Å². The fourth-order valence-corrected chi connectivity index (χ4v) is 1.56. The molecule has 0 unspecified atom stereocenters. The van der Waals surface area contributed by atoms with Gasteiger partial charge in [0.1, 0.15) is 12.6 Å². The van der Waals surface area contributed by atoms with E-state index in [-0.39, 0.29) is 12.5 Å². The first-order valence-corrected chi connectivity index (χ1v) is 7.03. The zero-order valence-electron chi connectivity index (χ0n) is 11.2. The Kier molecular flexibility index (Phi) is 9.40. The summed E-state index contributed by atoms with van der Waals surface area (Å²) in [6, 6.07) is -0.626. The number of ether oxygens (including phenoxy) is 2. The molecule has 0 radical (unpaired) electrons. The molecule has 0 heterocycles. The second-order valence-electron chi connectivity index (χ2n) is 3.75. The van der Waals surface area contributed by atoms with E-state index in [1.54, 1.807) is 18.7 Å². The van der Waals surface area contributed by atoms with Crippen molar-refractivity contribution in [2.75, 3.05) is 32.3 Å². The molecule has 0 aromatic rings. The number of hydrogen-bond acceptors (Lipinski definition) is 5. The molecule has 1 N–H and O–H groups in total. The van der Waals surface area contributed by atoms with E-state index in [2.05, 4.69) is 11.9 Å². The Labute approximate surface area is 112 Å². The van der Waals surface area contributed by atoms with Gasteiger partial charge in [-0.05, 0) is 25.4 Å². The van der Waals surface area contributed by atoms with Crippen LogP contribution in [0.3, 0.4) is 0 Å². The predicted molar refractivity (Wildman–Crippen MR) is 72.6 cm³/mol. The standard InChI is InChI=1S/C12H21NO4S/c1-9(2)11(14)13-10(5-8-18-4)12(15)17-7-6-16-3/h10H,1,5-8H2,2-4H3,(H,13,14)/t10-/m0/s1. The summed E-state index contributed by atoms with van der Waals surface area (Å²) in [7, 11) is 1.53. The Hall–Kier alpha value is -1.01. The van der Waals surface area contributed by atoms with Crippen molar-refractivity contribution in [3.63, 3.8) is 0 Å². The molecular weight excluding hydrogens is 254 g/mol. The number of carbonyl (C=O) groups excluding carboxylic acids is 2. The molecule has 0 rings (SSSR count). The van der Waals surface area contributed by atoms with Crippen molar-refractivity contribution < 1.29 is 19.1 Å². The van der Waals surface area contributed by atoms with E-state index >= 15 is 0 Å². The van der Waals surface area contributed by atoms with Gasteiger partial charge in [0, 0.05) is 12.7 Å². The van der Waals surface area contributed by atoms with Crippen LogP contribution < -0.4 is 5.32 Å². The predicted octanol–water partition coefficient (Wildman–Crippen LogP) is 0.990. The van der Waals surface area contributed by atoms with E-state index in [4.69, 9.17) is 9.47 Å². The highest BCUT2D eigenvalue weighted by atomic mass is 32.2. The number of amides is 1. The molecule has 0 aromatic carbocycles. The third-order valence-corrected chi connectivity index (χ3v) is 2.76. The normalized spacial score (nSPS) is 11.7. The average Bonchev–Trinajstić information content (AvgIpc) is 2.34. The minimum Gasteiger partial charge on any atom is -0.462 e. The second kappa shape index (κ2) is 9.96. The molecule has 0 aliphatic rings. The van der Waals surface area contributed by atoms with Gasteiger partial charge in [0.05, 0.1) is 6.61 Å². The van der Waals surface area contributed by atoms with Gasteiger partial charge >= 0.3 is 5.97 Å². The van der Waals surface area contributed by atoms with E-state index in [0.29, 0.717) is 18.6 Å². The van der Waals surface area contributed by atoms with Gasteiger partial charge in [-0.25, -0.2) is 4.79 Å². The van der Waals surface area contributed by atoms with Crippen LogP contribution in [0, 0.1) is 0 Å². The smallest absolute Gasteiger partial charge is 0.328 e. The molecule has 5 nitrogen and oxygen atoms in total. The first-order valence-electron chi connectivity index (χ1n) is 5.63. The van der Waals surface area contributed by atoms with Crippen LogP contribution in [-0.2, 0) is 19.1 Å². The maximum Gasteiger partial charge on any atom is 0.328 e. The Balaban J connectivity index is 4.32. The Morgan fingerprint density at radius 1 is 1.39 bits per heavy atom. The Morgan fingerprint density at radius 2 is 2.06 bits per heavy atom. The van der Waals surface area contributed by atoms with Gasteiger partial charge in [-0.3, -0.25) is 4.79 Å². The van der Waals surface area contributed by atoms with Crippen LogP contribution in [0.25, 0.3) is 0 Å². The van der Waals surface area contributed by atoms with E-state index in [1.807, 2.05) is 6.26 Å². The van der Waals surface area contributed by atoms with Crippen molar-refractivity contribution in [3.8, 4) is 0 Å². The molecule has 0 aliphatic carbocycles. The van der Waals surface area contributed by atoms with Gasteiger partial charge in [-0.2, -0.15) is 11.8 Å². The average molecular weight is 275 g/mol. The highest BCUT2D eigenvalue weighted by Gasteiger charge is 2.21. The quantitative estimate of drug-likeness (QED) is 0.386. The van der Waals surface area contributed by atoms with Gasteiger partial charge < -0.3 is 14.8 Å². The molecule has 104 valence electrons. The summed E-state index contributed by atoms with van der Waals surface area (Å²) in [4.78, 5) is 23.3. The highest BCUT2D eigenvalue weighted by Crippen LogP contribution is 2.04. The first kappa shape index (κ1) is 17.0. The molecule has 1 amide bonds. The van der Waals surface area contributed by atoms with Gasteiger partial charge in [-0.1, -0.05) is 6.58 Å². The van der Waals surface area contributed by atoms with Crippen molar-refractivity contribution in [1.29, 1.82) is 0 Å². The molecule has 0 bridgehead atoms. The first-order chi connectivity index (χ1) is 8.52. The van der Waals surface area contributed by atoms with Crippen molar-refractivity contribution >= 4 is 23.6 Å². The lowest BCUT2D eigenvalue weighted by Crippen LogP contribution is -2.42. The second-order valence-corrected chi connectivity index (χ2v) is 4.73. The maximum atomic E-state index is 11.8. The third-order valence-electron chi connectivity index (χ3n) is 2.12. The van der Waals surface area contributed by atoms with Gasteiger partial charge in [-0.15, -0.1) is 0 Å². The fraction of sp³-hybridized carbons (Fsp3) is 0.667. The van der Waals surface area contributed by atoms with Gasteiger partial charge in [0.25, 0.3) is 0 Å². The summed E-state index contributed by atoms with van der Waals surface area (Å²) in [6.07, 6.45) is 2.47.